The van der Waals surface area contributed by atoms with Crippen LogP contribution < -0.4 is 0 Å². The average molecular weight is 2150 g/mol. The van der Waals surface area contributed by atoms with Gasteiger partial charge < -0.3 is 60.7 Å². The molecule has 0 saturated carbocycles. The first-order valence-corrected chi connectivity index (χ1v) is 34.4. The number of nitrogens with zero attached hydrogens (tertiary/aromatic N) is 7. The van der Waals surface area contributed by atoms with Crippen molar-refractivity contribution in [3.8, 4) is 45.0 Å². The molecule has 0 saturated heterocycles. The summed E-state index contributed by atoms with van der Waals surface area (Å²) in [6.45, 7) is 9.96. The molecule has 0 aliphatic rings. The molecule has 23 heteroatoms. The van der Waals surface area contributed by atoms with Gasteiger partial charge in [0.2, 0.25) is 0 Å². The van der Waals surface area contributed by atoms with E-state index in [1.54, 1.807) is 96.7 Å². The number of hydrogen-bond donors (Lipinski definition) is 7. The fraction of sp³-hybridized carbons (Fsp3) is 0.178. The third kappa shape index (κ3) is 46.9. The molecule has 14 rings (SSSR count). The van der Waals surface area contributed by atoms with Gasteiger partial charge in [0.1, 0.15) is 5.69 Å². The number of aliphatic hydroxyl groups is 6. The minimum atomic E-state index is -0.990. The minimum Gasteiger partial charge on any atom is -0.477 e. The molecule has 6 atom stereocenters. The van der Waals surface area contributed by atoms with Gasteiger partial charge in [-0.3, -0.25) is 13.8 Å². The number of rotatable bonds is 13. The molecule has 0 aliphatic heterocycles. The standard InChI is InChI=1S/C13H8N.C12H10N.C11H6F2N.3C11H8N.C6H5NO2.3C5H12O2.Ir.2Pd.3Rh/c1-2-6-12-10(4-1)7-8-11-5-3-9-14-13(11)12;1-2-6-11(7-3-1)10-12-8-4-5-9-13-12;12-8-4-5-9(10(13)7-8)11-3-1-2-6-14-11;3*1-2-6-10(7-3-1)11-8-4-5-9-12-11;8-6(9)5-3-1-2-4-7-5;3*1-4(6)3-5(2)7;;;;;;/h1-5,7-9H;1-6,8-9H,10H2;1-4,6-7H;3*1-6,8-9H;1-4H,(H,8,9);3*4-7H,3H2,1-2H3;;;;;;/q6*-1;;;;;;;;;;. The summed E-state index contributed by atoms with van der Waals surface area (Å²) in [6.07, 6.45) is 12.0. The molecule has 0 spiro atoms. The molecule has 7 aromatic carbocycles. The Balaban J connectivity index is 0. The molecule has 0 amide bonds. The molecule has 6 unspecified atom stereocenters. The maximum Gasteiger partial charge on any atom is 0.354 e. The Kier molecular flexibility index (Phi) is 61.0. The Morgan fingerprint density at radius 3 is 1.07 bits per heavy atom. The fourth-order valence-corrected chi connectivity index (χ4v) is 9.32. The molecule has 4 radical (unpaired) electrons. The van der Waals surface area contributed by atoms with Crippen LogP contribution in [0.15, 0.2) is 304 Å². The zero-order chi connectivity index (χ0) is 77.2. The first-order chi connectivity index (χ1) is 51.8. The second-order valence-electron chi connectivity index (χ2n) is 23.7. The van der Waals surface area contributed by atoms with Gasteiger partial charge in [-0.15, -0.1) is 155 Å². The maximum absolute atomic E-state index is 13.2. The smallest absolute Gasteiger partial charge is 0.354 e. The van der Waals surface area contributed by atoms with Crippen LogP contribution in [0.2, 0.25) is 0 Å². The van der Waals surface area contributed by atoms with Gasteiger partial charge in [0, 0.05) is 180 Å². The Labute approximate surface area is 742 Å². The normalized spacial score (nSPS) is 11.0. The van der Waals surface area contributed by atoms with Crippen LogP contribution in [0.1, 0.15) is 82.6 Å². The van der Waals surface area contributed by atoms with Gasteiger partial charge in [0.15, 0.2) is 0 Å². The van der Waals surface area contributed by atoms with Crippen LogP contribution in [0.3, 0.4) is 0 Å². The Morgan fingerprint density at radius 1 is 0.372 bits per heavy atom. The molecule has 0 fully saturated rings. The number of pyridine rings is 7. The number of hydrogen-bond acceptors (Lipinski definition) is 14. The van der Waals surface area contributed by atoms with Gasteiger partial charge in [-0.1, -0.05) is 90.5 Å². The first-order valence-electron chi connectivity index (χ1n) is 34.4. The van der Waals surface area contributed by atoms with E-state index in [2.05, 4.69) is 102 Å². The molecular weight excluding hydrogens is 2060 g/mol. The molecule has 113 heavy (non-hydrogen) atoms. The second-order valence-corrected chi connectivity index (χ2v) is 23.7. The van der Waals surface area contributed by atoms with Gasteiger partial charge in [-0.25, -0.2) is 9.78 Å². The number of aromatic carboxylic acids is 1. The van der Waals surface area contributed by atoms with Crippen molar-refractivity contribution in [2.75, 3.05) is 0 Å². The molecule has 608 valence electrons. The van der Waals surface area contributed by atoms with Crippen LogP contribution in [0, 0.1) is 48.0 Å². The summed E-state index contributed by atoms with van der Waals surface area (Å²) in [7, 11) is 0. The zero-order valence-electron chi connectivity index (χ0n) is 62.6. The van der Waals surface area contributed by atoms with Crippen molar-refractivity contribution < 1.29 is 169 Å². The summed E-state index contributed by atoms with van der Waals surface area (Å²) in [5.41, 5.74) is 10.1. The molecular formula is C90H89F2IrN7O8Pd2Rh3-6. The van der Waals surface area contributed by atoms with E-state index in [9.17, 15) is 13.6 Å². The van der Waals surface area contributed by atoms with E-state index in [1.807, 2.05) is 194 Å². The Hall–Kier alpha value is -7.96. The molecule has 0 bridgehead atoms. The van der Waals surface area contributed by atoms with Crippen molar-refractivity contribution >= 4 is 27.6 Å². The first kappa shape index (κ1) is 107. The van der Waals surface area contributed by atoms with Crippen molar-refractivity contribution in [1.82, 2.24) is 34.9 Å². The van der Waals surface area contributed by atoms with E-state index in [-0.39, 0.29) is 167 Å². The number of fused-ring (bicyclic) bond motifs is 3. The van der Waals surface area contributed by atoms with Crippen LogP contribution in [0.25, 0.3) is 66.7 Å². The topological polar surface area (TPSA) is 249 Å². The molecule has 7 heterocycles. The summed E-state index contributed by atoms with van der Waals surface area (Å²) in [5, 5.41) is 63.2. The average Bonchev–Trinajstić information content (AvgIpc) is 0.791. The summed E-state index contributed by atoms with van der Waals surface area (Å²) in [4.78, 5) is 38.9. The third-order valence-electron chi connectivity index (χ3n) is 13.9. The predicted octanol–water partition coefficient (Wildman–Crippen LogP) is 17.3. The number of carbonyl (C=O) groups is 1. The Morgan fingerprint density at radius 2 is 0.735 bits per heavy atom. The second kappa shape index (κ2) is 64.3. The molecule has 0 aliphatic carbocycles. The molecule has 14 aromatic rings. The van der Waals surface area contributed by atoms with Crippen molar-refractivity contribution in [3.05, 3.63) is 369 Å². The van der Waals surface area contributed by atoms with Crippen molar-refractivity contribution in [1.29, 1.82) is 0 Å². The van der Waals surface area contributed by atoms with Gasteiger partial charge in [0.05, 0.1) is 36.6 Å². The van der Waals surface area contributed by atoms with Gasteiger partial charge in [-0.05, 0) is 156 Å². The zero-order valence-corrected chi connectivity index (χ0v) is 73.0. The maximum atomic E-state index is 13.2. The van der Waals surface area contributed by atoms with E-state index >= 15 is 0 Å². The fourth-order valence-electron chi connectivity index (χ4n) is 9.32. The number of aromatic nitrogens is 7. The Bertz CT molecular complexity index is 4190. The van der Waals surface area contributed by atoms with E-state index < -0.39 is 17.6 Å². The largest absolute Gasteiger partial charge is 0.477 e. The summed E-state index contributed by atoms with van der Waals surface area (Å²) in [6, 6.07) is 99.3. The van der Waals surface area contributed by atoms with Crippen LogP contribution in [0.5, 0.6) is 0 Å². The summed E-state index contributed by atoms with van der Waals surface area (Å²) >= 11 is 0. The molecule has 7 N–H and O–H groups in total. The van der Waals surface area contributed by atoms with Crippen LogP contribution in [0.4, 0.5) is 8.78 Å². The minimum absolute atomic E-state index is 0. The van der Waals surface area contributed by atoms with E-state index in [4.69, 9.17) is 35.7 Å². The number of aliphatic hydroxyl groups excluding tert-OH is 6. The SMILES string of the molecule is CC(O)CC(C)O.CC(O)CC(C)O.CC(O)CC(C)O.Fc1c[c-]c(-c2ccccn2)c(F)c1.O=C(O)c1ccccn1.[Ir].[Pd].[Pd].[Rh].[Rh].[Rh].[c-]1cccc2ccc3cccnc3c12.[c-]1ccccc1-c1ccccn1.[c-]1ccccc1-c1ccccn1.[c-]1ccccc1-c1ccccn1.[c-]1ccccc1Cc1ccccn1. The quantitative estimate of drug-likeness (QED) is 0.0322. The van der Waals surface area contributed by atoms with Gasteiger partial charge in [0.25, 0.3) is 0 Å². The molecule has 15 nitrogen and oxygen atoms in total. The molecule has 7 aromatic heterocycles. The van der Waals surface area contributed by atoms with E-state index in [1.165, 1.54) is 28.6 Å². The van der Waals surface area contributed by atoms with Crippen molar-refractivity contribution in [2.24, 2.45) is 0 Å². The van der Waals surface area contributed by atoms with Gasteiger partial charge >= 0.3 is 5.97 Å². The number of halogens is 2. The van der Waals surface area contributed by atoms with E-state index in [0.717, 1.165) is 68.9 Å². The third-order valence-corrected chi connectivity index (χ3v) is 13.9. The monoisotopic (exact) mass is 2150 g/mol. The van der Waals surface area contributed by atoms with Crippen LogP contribution in [-0.2, 0) is 126 Å². The summed E-state index contributed by atoms with van der Waals surface area (Å²) in [5.74, 6) is -2.28. The van der Waals surface area contributed by atoms with Crippen molar-refractivity contribution in [2.45, 2.75) is 104 Å². The van der Waals surface area contributed by atoms with Gasteiger partial charge in [-0.2, -0.15) is 35.9 Å². The van der Waals surface area contributed by atoms with Crippen molar-refractivity contribution in [3.63, 3.8) is 0 Å². The predicted molar refractivity (Wildman–Crippen MR) is 419 cm³/mol. The summed E-state index contributed by atoms with van der Waals surface area (Å²) < 4.78 is 25.8. The van der Waals surface area contributed by atoms with Crippen LogP contribution >= 0.6 is 0 Å². The van der Waals surface area contributed by atoms with Crippen LogP contribution in [-0.4, -0.2) is 113 Å². The number of carboxylic acid groups (broad SMARTS) is 1. The number of carboxylic acids is 1. The van der Waals surface area contributed by atoms with E-state index in [0.29, 0.717) is 25.0 Å². The number of benzene rings is 7.